The van der Waals surface area contributed by atoms with Crippen molar-refractivity contribution in [2.75, 3.05) is 32.8 Å². The number of carbonyl (C=O) groups excluding carboxylic acids is 1. The number of aliphatic hydroxyl groups excluding tert-OH is 1. The van der Waals surface area contributed by atoms with Gasteiger partial charge in [0.2, 0.25) is 5.91 Å². The van der Waals surface area contributed by atoms with Crippen molar-refractivity contribution in [3.05, 3.63) is 11.6 Å². The normalized spacial score (nSPS) is 24.3. The molecule has 108 valence electrons. The van der Waals surface area contributed by atoms with Crippen LogP contribution in [0.25, 0.3) is 0 Å². The molecule has 1 atom stereocenters. The van der Waals surface area contributed by atoms with Gasteiger partial charge >= 0.3 is 0 Å². The number of likely N-dealkylation sites (tertiary alicyclic amines) is 1. The number of rotatable bonds is 6. The Balaban J connectivity index is 1.58. The molecule has 1 unspecified atom stereocenters. The fraction of sp³-hybridized carbons (Fsp3) is 0.800. The molecule has 4 heteroatoms. The Morgan fingerprint density at radius 3 is 3.05 bits per heavy atom. The monoisotopic (exact) mass is 266 g/mol. The molecule has 0 aromatic rings. The molecule has 0 aromatic carbocycles. The highest BCUT2D eigenvalue weighted by atomic mass is 16.3. The van der Waals surface area contributed by atoms with Crippen LogP contribution >= 0.6 is 0 Å². The number of allylic oxidation sites excluding steroid dienone is 1. The van der Waals surface area contributed by atoms with E-state index in [9.17, 15) is 4.79 Å². The van der Waals surface area contributed by atoms with Gasteiger partial charge in [0.25, 0.3) is 0 Å². The largest absolute Gasteiger partial charge is 0.396 e. The van der Waals surface area contributed by atoms with Gasteiger partial charge in [-0.1, -0.05) is 11.6 Å². The first-order valence-electron chi connectivity index (χ1n) is 7.55. The van der Waals surface area contributed by atoms with E-state index in [0.717, 1.165) is 32.5 Å². The first-order chi connectivity index (χ1) is 9.28. The summed E-state index contributed by atoms with van der Waals surface area (Å²) in [5.41, 5.74) is 1.51. The molecule has 19 heavy (non-hydrogen) atoms. The maximum absolute atomic E-state index is 11.8. The summed E-state index contributed by atoms with van der Waals surface area (Å²) >= 11 is 0. The molecule has 1 fully saturated rings. The average Bonchev–Trinajstić information content (AvgIpc) is 2.87. The topological polar surface area (TPSA) is 52.6 Å². The van der Waals surface area contributed by atoms with Gasteiger partial charge < -0.3 is 10.4 Å². The maximum atomic E-state index is 11.8. The summed E-state index contributed by atoms with van der Waals surface area (Å²) in [5, 5.41) is 12.1. The molecule has 2 N–H and O–H groups in total. The van der Waals surface area contributed by atoms with Crippen molar-refractivity contribution in [3.63, 3.8) is 0 Å². The minimum atomic E-state index is 0.120. The van der Waals surface area contributed by atoms with Gasteiger partial charge in [-0.25, -0.2) is 0 Å². The third-order valence-corrected chi connectivity index (χ3v) is 4.15. The van der Waals surface area contributed by atoms with Crippen molar-refractivity contribution in [1.82, 2.24) is 10.2 Å². The highest BCUT2D eigenvalue weighted by molar-refractivity contribution is 5.78. The molecule has 1 aliphatic carbocycles. The zero-order chi connectivity index (χ0) is 13.5. The Labute approximate surface area is 115 Å². The van der Waals surface area contributed by atoms with Gasteiger partial charge in [-0.15, -0.1) is 0 Å². The molecule has 0 radical (unpaired) electrons. The molecule has 0 spiro atoms. The molecule has 1 heterocycles. The fourth-order valence-electron chi connectivity index (χ4n) is 2.96. The lowest BCUT2D eigenvalue weighted by Gasteiger charge is -2.16. The first kappa shape index (κ1) is 14.5. The molecule has 0 saturated carbocycles. The van der Waals surface area contributed by atoms with Gasteiger partial charge in [-0.05, 0) is 51.0 Å². The van der Waals surface area contributed by atoms with Crippen LogP contribution < -0.4 is 5.32 Å². The van der Waals surface area contributed by atoms with E-state index >= 15 is 0 Å². The number of hydrogen-bond donors (Lipinski definition) is 2. The highest BCUT2D eigenvalue weighted by Crippen LogP contribution is 2.19. The van der Waals surface area contributed by atoms with Gasteiger partial charge in [0, 0.05) is 19.7 Å². The van der Waals surface area contributed by atoms with Crippen molar-refractivity contribution in [1.29, 1.82) is 0 Å². The zero-order valence-corrected chi connectivity index (χ0v) is 11.7. The van der Waals surface area contributed by atoms with E-state index < -0.39 is 0 Å². The molecule has 1 amide bonds. The van der Waals surface area contributed by atoms with Crippen molar-refractivity contribution in [2.45, 2.75) is 38.5 Å². The zero-order valence-electron chi connectivity index (χ0n) is 11.7. The van der Waals surface area contributed by atoms with E-state index in [4.69, 9.17) is 5.11 Å². The van der Waals surface area contributed by atoms with Gasteiger partial charge in [0.15, 0.2) is 0 Å². The smallest absolute Gasteiger partial charge is 0.234 e. The lowest BCUT2D eigenvalue weighted by atomic mass is 9.97. The summed E-state index contributed by atoms with van der Waals surface area (Å²) in [5.74, 6) is 0.482. The summed E-state index contributed by atoms with van der Waals surface area (Å²) in [6, 6.07) is 0. The highest BCUT2D eigenvalue weighted by Gasteiger charge is 2.23. The second kappa shape index (κ2) is 7.65. The van der Waals surface area contributed by atoms with Crippen LogP contribution in [0.3, 0.4) is 0 Å². The van der Waals surface area contributed by atoms with Crippen LogP contribution in [0.15, 0.2) is 11.6 Å². The van der Waals surface area contributed by atoms with E-state index in [1.807, 2.05) is 0 Å². The van der Waals surface area contributed by atoms with E-state index in [2.05, 4.69) is 16.3 Å². The molecule has 2 aliphatic rings. The summed E-state index contributed by atoms with van der Waals surface area (Å²) in [6.45, 7) is 3.28. The fourth-order valence-corrected chi connectivity index (χ4v) is 2.96. The standard InChI is InChI=1S/C15H26N2O2/c18-12-14-7-9-17(10-14)11-15(19)16-8-6-13-4-2-1-3-5-13/h4,14,18H,1-3,5-12H2,(H,16,19). The average molecular weight is 266 g/mol. The predicted octanol–water partition coefficient (Wildman–Crippen LogP) is 1.31. The van der Waals surface area contributed by atoms with Crippen LogP contribution in [0.5, 0.6) is 0 Å². The minimum absolute atomic E-state index is 0.120. The summed E-state index contributed by atoms with van der Waals surface area (Å²) in [4.78, 5) is 13.9. The number of hydrogen-bond acceptors (Lipinski definition) is 3. The third-order valence-electron chi connectivity index (χ3n) is 4.15. The first-order valence-corrected chi connectivity index (χ1v) is 7.55. The Morgan fingerprint density at radius 1 is 1.47 bits per heavy atom. The number of nitrogens with one attached hydrogen (secondary N) is 1. The van der Waals surface area contributed by atoms with Gasteiger partial charge in [0.1, 0.15) is 0 Å². The minimum Gasteiger partial charge on any atom is -0.396 e. The third kappa shape index (κ3) is 4.96. The van der Waals surface area contributed by atoms with Gasteiger partial charge in [-0.2, -0.15) is 0 Å². The Bertz CT molecular complexity index is 328. The molecule has 1 saturated heterocycles. The van der Waals surface area contributed by atoms with Gasteiger partial charge in [0.05, 0.1) is 6.54 Å². The van der Waals surface area contributed by atoms with Crippen molar-refractivity contribution in [2.24, 2.45) is 5.92 Å². The number of nitrogens with zero attached hydrogens (tertiary/aromatic N) is 1. The van der Waals surface area contributed by atoms with E-state index in [-0.39, 0.29) is 12.5 Å². The van der Waals surface area contributed by atoms with Crippen LogP contribution in [0.4, 0.5) is 0 Å². The number of carbonyl (C=O) groups is 1. The van der Waals surface area contributed by atoms with Crippen LogP contribution in [-0.4, -0.2) is 48.7 Å². The van der Waals surface area contributed by atoms with Crippen molar-refractivity contribution < 1.29 is 9.90 Å². The number of amides is 1. The second-order valence-corrected chi connectivity index (χ2v) is 5.78. The van der Waals surface area contributed by atoms with Crippen molar-refractivity contribution >= 4 is 5.91 Å². The molecule has 0 aromatic heterocycles. The molecule has 4 nitrogen and oxygen atoms in total. The Hall–Kier alpha value is -0.870. The second-order valence-electron chi connectivity index (χ2n) is 5.78. The van der Waals surface area contributed by atoms with Crippen LogP contribution in [0, 0.1) is 5.92 Å². The summed E-state index contributed by atoms with van der Waals surface area (Å²) in [6.07, 6.45) is 9.39. The van der Waals surface area contributed by atoms with Crippen LogP contribution in [-0.2, 0) is 4.79 Å². The SMILES string of the molecule is O=C(CN1CCC(CO)C1)NCCC1=CCCCC1. The molecule has 2 rings (SSSR count). The van der Waals surface area contributed by atoms with E-state index in [1.165, 1.54) is 31.3 Å². The molecule has 0 bridgehead atoms. The molecular formula is C15H26N2O2. The summed E-state index contributed by atoms with van der Waals surface area (Å²) < 4.78 is 0. The quantitative estimate of drug-likeness (QED) is 0.713. The predicted molar refractivity (Wildman–Crippen MR) is 75.8 cm³/mol. The molecule has 1 aliphatic heterocycles. The Morgan fingerprint density at radius 2 is 2.37 bits per heavy atom. The van der Waals surface area contributed by atoms with Gasteiger partial charge in [-0.3, -0.25) is 9.69 Å². The van der Waals surface area contributed by atoms with E-state index in [1.54, 1.807) is 0 Å². The summed E-state index contributed by atoms with van der Waals surface area (Å²) in [7, 11) is 0. The molecular weight excluding hydrogens is 240 g/mol. The van der Waals surface area contributed by atoms with Crippen LogP contribution in [0.2, 0.25) is 0 Å². The number of aliphatic hydroxyl groups is 1. The van der Waals surface area contributed by atoms with Crippen molar-refractivity contribution in [3.8, 4) is 0 Å². The Kier molecular flexibility index (Phi) is 5.86. The maximum Gasteiger partial charge on any atom is 0.234 e. The van der Waals surface area contributed by atoms with Crippen LogP contribution in [0.1, 0.15) is 38.5 Å². The van der Waals surface area contributed by atoms with E-state index in [0.29, 0.717) is 12.5 Å². The lowest BCUT2D eigenvalue weighted by molar-refractivity contribution is -0.122. The lowest BCUT2D eigenvalue weighted by Crippen LogP contribution is -2.36.